The van der Waals surface area contributed by atoms with Crippen LogP contribution in [-0.4, -0.2) is 27.6 Å². The Hall–Kier alpha value is -2.57. The Bertz CT molecular complexity index is 1000. The number of hydrogen-bond donors (Lipinski definition) is 2. The van der Waals surface area contributed by atoms with Crippen LogP contribution in [0.25, 0.3) is 11.3 Å². The molecule has 0 aliphatic carbocycles. The fraction of sp³-hybridized carbons (Fsp3) is 0.111. The molecule has 0 spiro atoms. The molecule has 2 aromatic carbocycles. The van der Waals surface area contributed by atoms with Crippen LogP contribution in [0.15, 0.2) is 57.9 Å². The minimum Gasteiger partial charge on any atom is -0.508 e. The number of benzene rings is 2. The molecule has 0 radical (unpaired) electrons. The van der Waals surface area contributed by atoms with Crippen molar-refractivity contribution in [3.05, 3.63) is 63.2 Å². The molecule has 128 valence electrons. The molecule has 0 saturated carbocycles. The molecule has 2 N–H and O–H groups in total. The van der Waals surface area contributed by atoms with E-state index in [0.717, 1.165) is 16.1 Å². The predicted molar refractivity (Wildman–Crippen MR) is 102 cm³/mol. The highest BCUT2D eigenvalue weighted by atomic mass is 35.5. The summed E-state index contributed by atoms with van der Waals surface area (Å²) in [7, 11) is 1.71. The Labute approximate surface area is 153 Å². The minimum atomic E-state index is -0.0277. The van der Waals surface area contributed by atoms with Crippen LogP contribution in [-0.2, 0) is 0 Å². The van der Waals surface area contributed by atoms with Gasteiger partial charge in [0.2, 0.25) is 4.80 Å². The molecule has 0 aliphatic heterocycles. The van der Waals surface area contributed by atoms with E-state index in [1.54, 1.807) is 24.7 Å². The lowest BCUT2D eigenvalue weighted by Crippen LogP contribution is -2.13. The van der Waals surface area contributed by atoms with Crippen LogP contribution in [0.4, 0.5) is 0 Å². The van der Waals surface area contributed by atoms with Gasteiger partial charge >= 0.3 is 0 Å². The molecular weight excluding hydrogens is 358 g/mol. The van der Waals surface area contributed by atoms with Crippen molar-refractivity contribution in [2.45, 2.75) is 6.92 Å². The number of thiazole rings is 1. The smallest absolute Gasteiger partial charge is 0.205 e. The molecule has 5 nitrogen and oxygen atoms in total. The summed E-state index contributed by atoms with van der Waals surface area (Å²) in [5.74, 6) is -0.0246. The highest BCUT2D eigenvalue weighted by Crippen LogP contribution is 2.25. The van der Waals surface area contributed by atoms with Gasteiger partial charge < -0.3 is 10.2 Å². The van der Waals surface area contributed by atoms with Crippen molar-refractivity contribution in [3.8, 4) is 22.8 Å². The number of aromatic hydroxyl groups is 2. The largest absolute Gasteiger partial charge is 0.508 e. The quantitative estimate of drug-likeness (QED) is 0.679. The van der Waals surface area contributed by atoms with Crippen LogP contribution >= 0.6 is 22.9 Å². The first-order valence-electron chi connectivity index (χ1n) is 7.47. The zero-order valence-electron chi connectivity index (χ0n) is 13.6. The summed E-state index contributed by atoms with van der Waals surface area (Å²) in [5.41, 5.74) is 2.98. The van der Waals surface area contributed by atoms with E-state index >= 15 is 0 Å². The SMILES string of the molecule is CN=c1scc(-c2ccc(Cl)cc2)n1N=C(C)c1ccc(O)cc1O. The number of halogens is 1. The molecule has 3 aromatic rings. The Morgan fingerprint density at radius 2 is 1.84 bits per heavy atom. The predicted octanol–water partition coefficient (Wildman–Crippen LogP) is 4.08. The molecule has 1 aromatic heterocycles. The lowest BCUT2D eigenvalue weighted by Gasteiger charge is -2.08. The van der Waals surface area contributed by atoms with E-state index in [9.17, 15) is 10.2 Å². The Morgan fingerprint density at radius 1 is 1.12 bits per heavy atom. The Morgan fingerprint density at radius 3 is 2.48 bits per heavy atom. The molecule has 0 saturated heterocycles. The maximum absolute atomic E-state index is 10.0. The van der Waals surface area contributed by atoms with Crippen molar-refractivity contribution in [1.82, 2.24) is 4.68 Å². The van der Waals surface area contributed by atoms with Crippen molar-refractivity contribution in [1.29, 1.82) is 0 Å². The number of aromatic nitrogens is 1. The number of hydrogen-bond acceptors (Lipinski definition) is 5. The molecule has 7 heteroatoms. The summed E-state index contributed by atoms with van der Waals surface area (Å²) >= 11 is 7.44. The monoisotopic (exact) mass is 373 g/mol. The van der Waals surface area contributed by atoms with E-state index in [1.807, 2.05) is 29.6 Å². The van der Waals surface area contributed by atoms with Gasteiger partial charge in [0.25, 0.3) is 0 Å². The average molecular weight is 374 g/mol. The number of phenolic OH excluding ortho intramolecular Hbond substituents is 2. The fourth-order valence-electron chi connectivity index (χ4n) is 2.40. The summed E-state index contributed by atoms with van der Waals surface area (Å²) in [4.78, 5) is 4.99. The van der Waals surface area contributed by atoms with Gasteiger partial charge in [-0.1, -0.05) is 23.7 Å². The normalized spacial score (nSPS) is 12.6. The minimum absolute atomic E-state index is 0.00309. The second-order valence-electron chi connectivity index (χ2n) is 5.33. The van der Waals surface area contributed by atoms with Gasteiger partial charge in [-0.3, -0.25) is 4.99 Å². The highest BCUT2D eigenvalue weighted by Gasteiger charge is 2.10. The standard InChI is InChI=1S/C18H16ClN3O2S/c1-11(15-8-7-14(23)9-17(15)24)21-22-16(10-25-18(22)20-2)12-3-5-13(19)6-4-12/h3-10,23-24H,1-2H3. The molecule has 25 heavy (non-hydrogen) atoms. The van der Waals surface area contributed by atoms with Crippen molar-refractivity contribution in [2.75, 3.05) is 7.05 Å². The molecule has 0 atom stereocenters. The van der Waals surface area contributed by atoms with E-state index in [-0.39, 0.29) is 11.5 Å². The van der Waals surface area contributed by atoms with Gasteiger partial charge in [0.1, 0.15) is 11.5 Å². The molecule has 0 aliphatic rings. The van der Waals surface area contributed by atoms with Gasteiger partial charge in [-0.25, -0.2) is 4.68 Å². The van der Waals surface area contributed by atoms with Crippen LogP contribution in [0.1, 0.15) is 12.5 Å². The molecule has 0 unspecified atom stereocenters. The first-order chi connectivity index (χ1) is 12.0. The molecule has 0 bridgehead atoms. The zero-order valence-corrected chi connectivity index (χ0v) is 15.2. The van der Waals surface area contributed by atoms with Gasteiger partial charge in [-0.05, 0) is 31.2 Å². The number of phenols is 2. The van der Waals surface area contributed by atoms with Crippen molar-refractivity contribution in [2.24, 2.45) is 10.1 Å². The third-order valence-electron chi connectivity index (χ3n) is 3.64. The maximum atomic E-state index is 10.0. The van der Waals surface area contributed by atoms with Gasteiger partial charge in [0.05, 0.1) is 11.4 Å². The average Bonchev–Trinajstić information content (AvgIpc) is 2.98. The van der Waals surface area contributed by atoms with Gasteiger partial charge in [-0.15, -0.1) is 11.3 Å². The van der Waals surface area contributed by atoms with E-state index in [2.05, 4.69) is 10.1 Å². The van der Waals surface area contributed by atoms with Crippen LogP contribution in [0.5, 0.6) is 11.5 Å². The lowest BCUT2D eigenvalue weighted by molar-refractivity contribution is 0.450. The van der Waals surface area contributed by atoms with E-state index in [0.29, 0.717) is 16.3 Å². The van der Waals surface area contributed by atoms with Gasteiger partial charge in [0, 0.05) is 34.6 Å². The van der Waals surface area contributed by atoms with E-state index in [4.69, 9.17) is 11.6 Å². The van der Waals surface area contributed by atoms with E-state index < -0.39 is 0 Å². The summed E-state index contributed by atoms with van der Waals surface area (Å²) in [6, 6.07) is 11.9. The highest BCUT2D eigenvalue weighted by molar-refractivity contribution is 7.07. The van der Waals surface area contributed by atoms with Crippen molar-refractivity contribution in [3.63, 3.8) is 0 Å². The van der Waals surface area contributed by atoms with Gasteiger partial charge in [0.15, 0.2) is 0 Å². The van der Waals surface area contributed by atoms with Gasteiger partial charge in [-0.2, -0.15) is 5.10 Å². The van der Waals surface area contributed by atoms with Crippen molar-refractivity contribution >= 4 is 28.6 Å². The summed E-state index contributed by atoms with van der Waals surface area (Å²) < 4.78 is 1.73. The fourth-order valence-corrected chi connectivity index (χ4v) is 3.32. The topological polar surface area (TPSA) is 70.1 Å². The summed E-state index contributed by atoms with van der Waals surface area (Å²) in [5, 5.41) is 26.8. The van der Waals surface area contributed by atoms with Crippen LogP contribution in [0.2, 0.25) is 5.02 Å². The van der Waals surface area contributed by atoms with E-state index in [1.165, 1.54) is 23.5 Å². The first-order valence-corrected chi connectivity index (χ1v) is 8.72. The molecule has 0 amide bonds. The van der Waals surface area contributed by atoms with Crippen LogP contribution < -0.4 is 4.80 Å². The Kier molecular flexibility index (Phi) is 4.92. The molecule has 0 fully saturated rings. The number of rotatable bonds is 3. The molecule has 1 heterocycles. The Balaban J connectivity index is 2.13. The lowest BCUT2D eigenvalue weighted by atomic mass is 10.1. The second-order valence-corrected chi connectivity index (χ2v) is 6.61. The molecular formula is C18H16ClN3O2S. The second kappa shape index (κ2) is 7.13. The summed E-state index contributed by atoms with van der Waals surface area (Å²) in [6.45, 7) is 1.79. The van der Waals surface area contributed by atoms with Crippen molar-refractivity contribution < 1.29 is 10.2 Å². The van der Waals surface area contributed by atoms with Crippen LogP contribution in [0, 0.1) is 0 Å². The number of nitrogens with zero attached hydrogens (tertiary/aromatic N) is 3. The summed E-state index contributed by atoms with van der Waals surface area (Å²) in [6.07, 6.45) is 0. The first kappa shape index (κ1) is 17.3. The maximum Gasteiger partial charge on any atom is 0.205 e. The molecule has 3 rings (SSSR count). The third-order valence-corrected chi connectivity index (χ3v) is 4.80. The van der Waals surface area contributed by atoms with Crippen LogP contribution in [0.3, 0.4) is 0 Å². The third kappa shape index (κ3) is 3.60. The zero-order chi connectivity index (χ0) is 18.0.